The van der Waals surface area contributed by atoms with Gasteiger partial charge in [0.05, 0.1) is 5.69 Å². The number of hydrogen-bond acceptors (Lipinski definition) is 7. The summed E-state index contributed by atoms with van der Waals surface area (Å²) in [6.07, 6.45) is -1.61. The second kappa shape index (κ2) is 13.9. The molecular formula is C29H44N6O6S. The number of hydrogen-bond donors (Lipinski definition) is 4. The van der Waals surface area contributed by atoms with Crippen molar-refractivity contribution in [3.8, 4) is 0 Å². The average Bonchev–Trinajstić information content (AvgIpc) is 3.20. The first-order chi connectivity index (χ1) is 19.3. The van der Waals surface area contributed by atoms with Crippen LogP contribution in [0.25, 0.3) is 0 Å². The van der Waals surface area contributed by atoms with Crippen LogP contribution in [0.5, 0.6) is 0 Å². The van der Waals surface area contributed by atoms with Gasteiger partial charge >= 0.3 is 12.2 Å². The number of amides is 4. The van der Waals surface area contributed by atoms with Gasteiger partial charge in [-0.15, -0.1) is 11.3 Å². The average molecular weight is 605 g/mol. The van der Waals surface area contributed by atoms with Crippen LogP contribution in [-0.2, 0) is 28.9 Å². The first kappa shape index (κ1) is 34.3. The molecule has 0 fully saturated rings. The van der Waals surface area contributed by atoms with Crippen LogP contribution >= 0.6 is 11.3 Å². The van der Waals surface area contributed by atoms with Gasteiger partial charge in [0.1, 0.15) is 0 Å². The van der Waals surface area contributed by atoms with E-state index in [1.54, 1.807) is 72.7 Å². The number of rotatable bonds is 11. The van der Waals surface area contributed by atoms with E-state index in [4.69, 9.17) is 0 Å². The van der Waals surface area contributed by atoms with E-state index in [0.29, 0.717) is 36.5 Å². The number of carbonyl (C=O) groups is 4. The summed E-state index contributed by atoms with van der Waals surface area (Å²) in [7, 11) is 3.42. The minimum Gasteiger partial charge on any atom is -0.465 e. The number of aromatic nitrogens is 1. The third-order valence-corrected chi connectivity index (χ3v) is 7.45. The molecule has 0 aliphatic carbocycles. The largest absolute Gasteiger partial charge is 0.465 e. The van der Waals surface area contributed by atoms with Crippen LogP contribution in [-0.4, -0.2) is 85.4 Å². The van der Waals surface area contributed by atoms with E-state index >= 15 is 0 Å². The van der Waals surface area contributed by atoms with Crippen LogP contribution in [0.3, 0.4) is 0 Å². The minimum atomic E-state index is -1.25. The Morgan fingerprint density at radius 1 is 0.881 bits per heavy atom. The molecule has 1 aromatic heterocycles. The number of thiazole rings is 1. The molecule has 0 saturated carbocycles. The molecule has 0 atom stereocenters. The predicted molar refractivity (Wildman–Crippen MR) is 164 cm³/mol. The zero-order chi connectivity index (χ0) is 32.0. The van der Waals surface area contributed by atoms with Crippen LogP contribution in [0.2, 0.25) is 0 Å². The topological polar surface area (TPSA) is 155 Å². The van der Waals surface area contributed by atoms with Crippen LogP contribution in [0.15, 0.2) is 24.3 Å². The molecule has 2 aromatic rings. The van der Waals surface area contributed by atoms with Crippen molar-refractivity contribution in [2.45, 2.75) is 91.5 Å². The fourth-order valence-corrected chi connectivity index (χ4v) is 5.42. The fourth-order valence-electron chi connectivity index (χ4n) is 4.36. The van der Waals surface area contributed by atoms with Gasteiger partial charge in [0.25, 0.3) is 0 Å². The van der Waals surface area contributed by atoms with Gasteiger partial charge in [-0.1, -0.05) is 12.1 Å². The van der Waals surface area contributed by atoms with Crippen molar-refractivity contribution >= 4 is 46.2 Å². The second-order valence-electron chi connectivity index (χ2n) is 12.2. The van der Waals surface area contributed by atoms with Crippen LogP contribution in [0.4, 0.5) is 20.4 Å². The summed E-state index contributed by atoms with van der Waals surface area (Å²) in [4.78, 5) is 57.6. The van der Waals surface area contributed by atoms with E-state index in [-0.39, 0.29) is 11.8 Å². The summed E-state index contributed by atoms with van der Waals surface area (Å²) in [5.41, 5.74) is 0.557. The maximum atomic E-state index is 12.3. The maximum Gasteiger partial charge on any atom is 0.410 e. The van der Waals surface area contributed by atoms with Crippen molar-refractivity contribution in [1.82, 2.24) is 19.7 Å². The van der Waals surface area contributed by atoms with Gasteiger partial charge in [0.2, 0.25) is 11.8 Å². The van der Waals surface area contributed by atoms with E-state index in [1.165, 1.54) is 18.3 Å². The smallest absolute Gasteiger partial charge is 0.410 e. The summed E-state index contributed by atoms with van der Waals surface area (Å²) in [6.45, 7) is 11.7. The molecule has 0 bridgehead atoms. The summed E-state index contributed by atoms with van der Waals surface area (Å²) in [5, 5.41) is 26.5. The second-order valence-corrected chi connectivity index (χ2v) is 13.3. The lowest BCUT2D eigenvalue weighted by atomic mass is 10.0. The molecule has 1 heterocycles. The van der Waals surface area contributed by atoms with Crippen molar-refractivity contribution in [1.29, 1.82) is 0 Å². The van der Waals surface area contributed by atoms with Crippen LogP contribution in [0.1, 0.15) is 71.0 Å². The lowest BCUT2D eigenvalue weighted by Gasteiger charge is -2.48. The number of carboxylic acid groups (broad SMARTS) is 2. The number of aryl methyl sites for hydroxylation is 3. The molecule has 42 heavy (non-hydrogen) atoms. The predicted octanol–water partition coefficient (Wildman–Crippen LogP) is 5.16. The Morgan fingerprint density at radius 2 is 1.40 bits per heavy atom. The lowest BCUT2D eigenvalue weighted by Crippen LogP contribution is -2.66. The SMILES string of the molecule is CC(=O)Nc1nc(CCc2ccc(NC(N(C(=O)O)C(C)(C)C)N(C(=O)O)C(C)(C)C)cc2)c(CCC(=O)N(C)C)s1. The summed E-state index contributed by atoms with van der Waals surface area (Å²) in [5.74, 6) is -0.203. The normalized spacial score (nSPS) is 11.7. The fraction of sp³-hybridized carbons (Fsp3) is 0.552. The van der Waals surface area contributed by atoms with E-state index in [1.807, 2.05) is 12.1 Å². The number of nitrogens with one attached hydrogen (secondary N) is 2. The van der Waals surface area contributed by atoms with Crippen molar-refractivity contribution in [2.75, 3.05) is 24.7 Å². The highest BCUT2D eigenvalue weighted by Crippen LogP contribution is 2.29. The van der Waals surface area contributed by atoms with Gasteiger partial charge in [-0.05, 0) is 78.5 Å². The number of nitrogens with zero attached hydrogens (tertiary/aromatic N) is 4. The number of carbonyl (C=O) groups excluding carboxylic acids is 2. The van der Waals surface area contributed by atoms with Crippen molar-refractivity contribution < 1.29 is 29.4 Å². The minimum absolute atomic E-state index is 0.0117. The van der Waals surface area contributed by atoms with Gasteiger partial charge in [0, 0.05) is 49.1 Å². The quantitative estimate of drug-likeness (QED) is 0.256. The van der Waals surface area contributed by atoms with E-state index in [0.717, 1.165) is 25.9 Å². The highest BCUT2D eigenvalue weighted by molar-refractivity contribution is 7.15. The Bertz CT molecular complexity index is 1230. The Morgan fingerprint density at radius 3 is 1.83 bits per heavy atom. The standard InChI is InChI=1S/C29H44N6O6S/c1-18(36)30-24-32-21(22(42-24)16-17-23(37)33(8)9)15-12-19-10-13-20(14-11-19)31-25(34(26(38)39)28(2,3)4)35(27(40)41)29(5,6)7/h10-11,13-14,25,31H,12,15-17H2,1-9H3,(H,38,39)(H,40,41)(H,30,32,36). The first-order valence-corrected chi connectivity index (χ1v) is 14.5. The van der Waals surface area contributed by atoms with E-state index in [2.05, 4.69) is 15.6 Å². The van der Waals surface area contributed by atoms with Gasteiger partial charge in [0.15, 0.2) is 11.4 Å². The maximum absolute atomic E-state index is 12.3. The Kier molecular flexibility index (Phi) is 11.3. The molecule has 1 aromatic carbocycles. The van der Waals surface area contributed by atoms with Gasteiger partial charge in [-0.3, -0.25) is 19.4 Å². The van der Waals surface area contributed by atoms with Crippen LogP contribution < -0.4 is 10.6 Å². The molecule has 12 nitrogen and oxygen atoms in total. The summed E-state index contributed by atoms with van der Waals surface area (Å²) in [6, 6.07) is 7.35. The zero-order valence-corrected chi connectivity index (χ0v) is 26.8. The van der Waals surface area contributed by atoms with Crippen molar-refractivity contribution in [3.63, 3.8) is 0 Å². The van der Waals surface area contributed by atoms with Gasteiger partial charge in [-0.25, -0.2) is 14.6 Å². The molecule has 2 rings (SSSR count). The van der Waals surface area contributed by atoms with Crippen molar-refractivity contribution in [2.24, 2.45) is 0 Å². The third-order valence-electron chi connectivity index (χ3n) is 6.37. The number of anilines is 2. The molecule has 4 amide bonds. The third kappa shape index (κ3) is 9.61. The Labute approximate surface area is 251 Å². The first-order valence-electron chi connectivity index (χ1n) is 13.7. The molecule has 232 valence electrons. The molecule has 0 saturated heterocycles. The number of benzene rings is 1. The molecule has 0 radical (unpaired) electrons. The molecule has 13 heteroatoms. The molecule has 4 N–H and O–H groups in total. The molecule has 0 unspecified atom stereocenters. The highest BCUT2D eigenvalue weighted by atomic mass is 32.1. The molecule has 0 aliphatic heterocycles. The van der Waals surface area contributed by atoms with Gasteiger partial charge in [-0.2, -0.15) is 0 Å². The Hall–Kier alpha value is -3.87. The van der Waals surface area contributed by atoms with E-state index in [9.17, 15) is 29.4 Å². The van der Waals surface area contributed by atoms with E-state index < -0.39 is 29.6 Å². The molecular weight excluding hydrogens is 560 g/mol. The van der Waals surface area contributed by atoms with Crippen molar-refractivity contribution in [3.05, 3.63) is 40.4 Å². The van der Waals surface area contributed by atoms with Crippen LogP contribution in [0, 0.1) is 0 Å². The summed E-state index contributed by atoms with van der Waals surface area (Å²) >= 11 is 1.37. The molecule has 0 spiro atoms. The zero-order valence-electron chi connectivity index (χ0n) is 25.9. The summed E-state index contributed by atoms with van der Waals surface area (Å²) < 4.78 is 0. The monoisotopic (exact) mass is 604 g/mol. The lowest BCUT2D eigenvalue weighted by molar-refractivity contribution is -0.128. The Balaban J connectivity index is 2.28. The highest BCUT2D eigenvalue weighted by Gasteiger charge is 2.43. The molecule has 0 aliphatic rings. The van der Waals surface area contributed by atoms with Gasteiger partial charge < -0.3 is 25.7 Å².